The summed E-state index contributed by atoms with van der Waals surface area (Å²) in [6.07, 6.45) is 5.96. The summed E-state index contributed by atoms with van der Waals surface area (Å²) in [5.41, 5.74) is 5.92. The second-order valence-corrected chi connectivity index (χ2v) is 9.36. The Morgan fingerprint density at radius 3 is 2.89 bits per heavy atom. The SMILES string of the molecule is CCCCSCSc1nc(-c2cccnc2)cc(-c2ncsc2C)c1C#N. The standard InChI is InChI=1S/C20H20N4S3/c1-3-4-8-25-13-27-20-17(10-21)16(19-14(2)26-12-23-19)9-18(24-20)15-6-5-7-22-11-15/h5-7,9,11-12H,3-4,8,13H2,1-2H3. The number of aromatic nitrogens is 3. The molecule has 138 valence electrons. The molecule has 0 saturated heterocycles. The van der Waals surface area contributed by atoms with Crippen LogP contribution >= 0.6 is 34.9 Å². The molecule has 0 aliphatic heterocycles. The van der Waals surface area contributed by atoms with Gasteiger partial charge < -0.3 is 0 Å². The quantitative estimate of drug-likeness (QED) is 0.256. The highest BCUT2D eigenvalue weighted by molar-refractivity contribution is 8.15. The van der Waals surface area contributed by atoms with E-state index >= 15 is 0 Å². The molecule has 0 saturated carbocycles. The average Bonchev–Trinajstić information content (AvgIpc) is 3.13. The molecule has 0 radical (unpaired) electrons. The summed E-state index contributed by atoms with van der Waals surface area (Å²) in [7, 11) is 0. The maximum absolute atomic E-state index is 9.84. The molecule has 0 aliphatic carbocycles. The van der Waals surface area contributed by atoms with Crippen molar-refractivity contribution in [3.63, 3.8) is 0 Å². The van der Waals surface area contributed by atoms with Crippen molar-refractivity contribution in [2.24, 2.45) is 0 Å². The Morgan fingerprint density at radius 2 is 2.22 bits per heavy atom. The van der Waals surface area contributed by atoms with Crippen LogP contribution in [0.2, 0.25) is 0 Å². The normalized spacial score (nSPS) is 10.7. The molecule has 7 heteroatoms. The van der Waals surface area contributed by atoms with Crippen LogP contribution in [0.1, 0.15) is 30.2 Å². The van der Waals surface area contributed by atoms with Gasteiger partial charge in [-0.1, -0.05) is 25.1 Å². The van der Waals surface area contributed by atoms with Gasteiger partial charge in [-0.05, 0) is 37.3 Å². The van der Waals surface area contributed by atoms with Crippen molar-refractivity contribution in [3.8, 4) is 28.6 Å². The van der Waals surface area contributed by atoms with Crippen molar-refractivity contribution in [2.75, 3.05) is 10.8 Å². The van der Waals surface area contributed by atoms with E-state index in [0.717, 1.165) is 43.3 Å². The van der Waals surface area contributed by atoms with Gasteiger partial charge in [-0.25, -0.2) is 9.97 Å². The summed E-state index contributed by atoms with van der Waals surface area (Å²) in [4.78, 5) is 14.6. The Bertz CT molecular complexity index is 932. The topological polar surface area (TPSA) is 62.5 Å². The lowest BCUT2D eigenvalue weighted by molar-refractivity contribution is 0.897. The fourth-order valence-electron chi connectivity index (χ4n) is 2.55. The third-order valence-electron chi connectivity index (χ3n) is 3.98. The molecular weight excluding hydrogens is 392 g/mol. The van der Waals surface area contributed by atoms with E-state index < -0.39 is 0 Å². The van der Waals surface area contributed by atoms with Crippen LogP contribution in [0.5, 0.6) is 0 Å². The lowest BCUT2D eigenvalue weighted by Crippen LogP contribution is -1.97. The van der Waals surface area contributed by atoms with Crippen LogP contribution in [-0.4, -0.2) is 25.8 Å². The van der Waals surface area contributed by atoms with Crippen molar-refractivity contribution in [3.05, 3.63) is 46.5 Å². The molecule has 0 amide bonds. The van der Waals surface area contributed by atoms with Crippen LogP contribution in [0.15, 0.2) is 41.1 Å². The highest BCUT2D eigenvalue weighted by Gasteiger charge is 2.18. The first-order chi connectivity index (χ1) is 13.2. The van der Waals surface area contributed by atoms with E-state index in [1.54, 1.807) is 35.5 Å². The minimum atomic E-state index is 0.609. The second-order valence-electron chi connectivity index (χ2n) is 5.87. The molecule has 27 heavy (non-hydrogen) atoms. The lowest BCUT2D eigenvalue weighted by atomic mass is 10.0. The molecule has 4 nitrogen and oxygen atoms in total. The van der Waals surface area contributed by atoms with Gasteiger partial charge in [0.2, 0.25) is 0 Å². The molecular formula is C20H20N4S3. The number of pyridine rings is 2. The van der Waals surface area contributed by atoms with Gasteiger partial charge in [0.1, 0.15) is 11.1 Å². The monoisotopic (exact) mass is 412 g/mol. The zero-order chi connectivity index (χ0) is 19.1. The molecule has 0 spiro atoms. The zero-order valence-electron chi connectivity index (χ0n) is 15.3. The van der Waals surface area contributed by atoms with Gasteiger partial charge in [0.05, 0.1) is 22.5 Å². The maximum atomic E-state index is 9.84. The van der Waals surface area contributed by atoms with Crippen molar-refractivity contribution in [1.82, 2.24) is 15.0 Å². The minimum Gasteiger partial charge on any atom is -0.264 e. The fraction of sp³-hybridized carbons (Fsp3) is 0.300. The Labute approximate surface area is 172 Å². The van der Waals surface area contributed by atoms with Crippen LogP contribution < -0.4 is 0 Å². The largest absolute Gasteiger partial charge is 0.264 e. The maximum Gasteiger partial charge on any atom is 0.116 e. The molecule has 0 bridgehead atoms. The van der Waals surface area contributed by atoms with Crippen LogP contribution in [0.4, 0.5) is 0 Å². The highest BCUT2D eigenvalue weighted by atomic mass is 32.2. The van der Waals surface area contributed by atoms with E-state index in [0.29, 0.717) is 5.56 Å². The molecule has 0 unspecified atom stereocenters. The van der Waals surface area contributed by atoms with Gasteiger partial charge in [0, 0.05) is 33.5 Å². The van der Waals surface area contributed by atoms with E-state index in [9.17, 15) is 5.26 Å². The number of nitrogens with zero attached hydrogens (tertiary/aromatic N) is 4. The number of hydrogen-bond donors (Lipinski definition) is 0. The van der Waals surface area contributed by atoms with Crippen LogP contribution in [0.3, 0.4) is 0 Å². The zero-order valence-corrected chi connectivity index (χ0v) is 17.8. The minimum absolute atomic E-state index is 0.609. The summed E-state index contributed by atoms with van der Waals surface area (Å²) in [6.45, 7) is 4.23. The van der Waals surface area contributed by atoms with Gasteiger partial charge >= 0.3 is 0 Å². The molecule has 3 heterocycles. The Morgan fingerprint density at radius 1 is 1.33 bits per heavy atom. The van der Waals surface area contributed by atoms with Crippen LogP contribution in [-0.2, 0) is 0 Å². The van der Waals surface area contributed by atoms with Gasteiger partial charge in [-0.15, -0.1) is 11.3 Å². The summed E-state index contributed by atoms with van der Waals surface area (Å²) in [5.74, 6) is 1.13. The van der Waals surface area contributed by atoms with Crippen LogP contribution in [0.25, 0.3) is 22.5 Å². The first-order valence-corrected chi connectivity index (χ1v) is 11.7. The first kappa shape index (κ1) is 19.9. The Balaban J connectivity index is 2.02. The molecule has 0 aromatic carbocycles. The van der Waals surface area contributed by atoms with Crippen molar-refractivity contribution in [1.29, 1.82) is 5.26 Å². The van der Waals surface area contributed by atoms with Gasteiger partial charge in [0.15, 0.2) is 0 Å². The summed E-state index contributed by atoms with van der Waals surface area (Å²) >= 11 is 5.11. The van der Waals surface area contributed by atoms with E-state index in [4.69, 9.17) is 4.98 Å². The molecule has 3 aromatic rings. The Hall–Kier alpha value is -1.88. The third kappa shape index (κ3) is 4.89. The van der Waals surface area contributed by atoms with E-state index in [1.807, 2.05) is 42.4 Å². The lowest BCUT2D eigenvalue weighted by Gasteiger charge is -2.11. The predicted octanol–water partition coefficient (Wildman–Crippen LogP) is 6.03. The number of nitriles is 1. The Kier molecular flexibility index (Phi) is 7.27. The molecule has 0 atom stereocenters. The first-order valence-electron chi connectivity index (χ1n) is 8.71. The molecule has 0 aliphatic rings. The van der Waals surface area contributed by atoms with Gasteiger partial charge in [-0.3, -0.25) is 4.98 Å². The smallest absolute Gasteiger partial charge is 0.116 e. The molecule has 0 N–H and O–H groups in total. The molecule has 3 rings (SSSR count). The number of thioether (sulfide) groups is 2. The van der Waals surface area contributed by atoms with Crippen LogP contribution in [0, 0.1) is 18.3 Å². The fourth-order valence-corrected chi connectivity index (χ4v) is 5.35. The van der Waals surface area contributed by atoms with Crippen molar-refractivity contribution in [2.45, 2.75) is 31.7 Å². The molecule has 0 fully saturated rings. The number of rotatable bonds is 8. The predicted molar refractivity (Wildman–Crippen MR) is 116 cm³/mol. The number of aryl methyl sites for hydroxylation is 1. The summed E-state index contributed by atoms with van der Waals surface area (Å²) < 4.78 is 0. The van der Waals surface area contributed by atoms with Gasteiger partial charge in [-0.2, -0.15) is 17.0 Å². The summed E-state index contributed by atoms with van der Waals surface area (Å²) in [6, 6.07) is 8.22. The van der Waals surface area contributed by atoms with Crippen molar-refractivity contribution >= 4 is 34.9 Å². The third-order valence-corrected chi connectivity index (χ3v) is 7.02. The highest BCUT2D eigenvalue weighted by Crippen LogP contribution is 2.36. The summed E-state index contributed by atoms with van der Waals surface area (Å²) in [5, 5.41) is 11.5. The van der Waals surface area contributed by atoms with E-state index in [2.05, 4.69) is 23.0 Å². The number of hydrogen-bond acceptors (Lipinski definition) is 7. The van der Waals surface area contributed by atoms with E-state index in [-0.39, 0.29) is 0 Å². The van der Waals surface area contributed by atoms with E-state index in [1.165, 1.54) is 12.8 Å². The second kappa shape index (κ2) is 9.88. The number of thiazole rings is 1. The number of unbranched alkanes of at least 4 members (excludes halogenated alkanes) is 1. The molecule has 3 aromatic heterocycles. The van der Waals surface area contributed by atoms with Gasteiger partial charge in [0.25, 0.3) is 0 Å². The van der Waals surface area contributed by atoms with Crippen molar-refractivity contribution < 1.29 is 0 Å². The average molecular weight is 413 g/mol.